The Hall–Kier alpha value is -5.47. The molecule has 282 valence electrons. The van der Waals surface area contributed by atoms with Gasteiger partial charge < -0.3 is 42.0 Å². The van der Waals surface area contributed by atoms with Gasteiger partial charge in [-0.05, 0) is 65.5 Å². The highest BCUT2D eigenvalue weighted by atomic mass is 16.6. The van der Waals surface area contributed by atoms with Crippen LogP contribution in [-0.2, 0) is 46.3 Å². The van der Waals surface area contributed by atoms with Crippen LogP contribution in [0.3, 0.4) is 0 Å². The van der Waals surface area contributed by atoms with Crippen LogP contribution in [0.1, 0.15) is 65.5 Å². The van der Waals surface area contributed by atoms with E-state index in [1.54, 1.807) is 69.3 Å². The Balaban J connectivity index is 1.66. The van der Waals surface area contributed by atoms with E-state index in [1.807, 2.05) is 12.1 Å². The zero-order chi connectivity index (χ0) is 38.6. The quantitative estimate of drug-likeness (QED) is 0.155. The van der Waals surface area contributed by atoms with Gasteiger partial charge in [-0.25, -0.2) is 4.79 Å². The van der Waals surface area contributed by atoms with Gasteiger partial charge in [0.25, 0.3) is 0 Å². The van der Waals surface area contributed by atoms with Gasteiger partial charge in [0.2, 0.25) is 35.4 Å². The van der Waals surface area contributed by atoms with Gasteiger partial charge >= 0.3 is 6.09 Å². The normalized spacial score (nSPS) is 17.0. The van der Waals surface area contributed by atoms with E-state index in [1.165, 1.54) is 25.7 Å². The fraction of sp³-hybridized carbons (Fsp3) is 0.486. The first-order chi connectivity index (χ1) is 24.4. The Morgan fingerprint density at radius 1 is 0.712 bits per heavy atom. The minimum absolute atomic E-state index is 0.0837. The maximum Gasteiger partial charge on any atom is 0.408 e. The van der Waals surface area contributed by atoms with Gasteiger partial charge in [-0.1, -0.05) is 60.7 Å². The lowest BCUT2D eigenvalue weighted by atomic mass is 10.0. The van der Waals surface area contributed by atoms with Crippen LogP contribution >= 0.6 is 0 Å². The first-order valence-corrected chi connectivity index (χ1v) is 17.3. The van der Waals surface area contributed by atoms with Gasteiger partial charge in [0.1, 0.15) is 41.9 Å². The van der Waals surface area contributed by atoms with Crippen LogP contribution in [0.5, 0.6) is 0 Å². The summed E-state index contributed by atoms with van der Waals surface area (Å²) in [6.45, 7) is 9.69. The van der Waals surface area contributed by atoms with E-state index in [0.29, 0.717) is 12.8 Å². The second-order valence-corrected chi connectivity index (χ2v) is 13.9. The number of hydrogen-bond acceptors (Lipinski definition) is 8. The molecule has 1 heterocycles. The van der Waals surface area contributed by atoms with Crippen molar-refractivity contribution in [3.63, 3.8) is 0 Å². The van der Waals surface area contributed by atoms with Crippen LogP contribution in [0.4, 0.5) is 4.79 Å². The Kier molecular flexibility index (Phi) is 14.7. The van der Waals surface area contributed by atoms with Crippen molar-refractivity contribution in [2.45, 2.75) is 109 Å². The fourth-order valence-corrected chi connectivity index (χ4v) is 5.58. The first-order valence-electron chi connectivity index (χ1n) is 17.3. The number of nitrogens with zero attached hydrogens (tertiary/aromatic N) is 1. The van der Waals surface area contributed by atoms with Crippen molar-refractivity contribution < 1.29 is 38.3 Å². The lowest BCUT2D eigenvalue weighted by molar-refractivity contribution is -0.142. The number of rotatable bonds is 15. The first kappa shape index (κ1) is 41.0. The van der Waals surface area contributed by atoms with Gasteiger partial charge in [0, 0.05) is 19.4 Å². The van der Waals surface area contributed by atoms with Gasteiger partial charge in [0.05, 0.1) is 0 Å². The summed E-state index contributed by atoms with van der Waals surface area (Å²) in [5.74, 6) is -3.73. The molecule has 7 amide bonds. The predicted molar refractivity (Wildman–Crippen MR) is 192 cm³/mol. The number of ether oxygens (including phenoxy) is 1. The molecule has 1 fully saturated rings. The third kappa shape index (κ3) is 12.7. The highest BCUT2D eigenvalue weighted by Gasteiger charge is 2.38. The molecule has 52 heavy (non-hydrogen) atoms. The lowest BCUT2D eigenvalue weighted by Gasteiger charge is -2.29. The average Bonchev–Trinajstić information content (AvgIpc) is 3.57. The number of likely N-dealkylation sites (tertiary alicyclic amines) is 1. The van der Waals surface area contributed by atoms with Crippen molar-refractivity contribution in [2.75, 3.05) is 6.54 Å². The van der Waals surface area contributed by atoms with E-state index < -0.39 is 83.4 Å². The van der Waals surface area contributed by atoms with Crippen molar-refractivity contribution in [1.82, 2.24) is 31.5 Å². The molecule has 3 rings (SSSR count). The summed E-state index contributed by atoms with van der Waals surface area (Å²) < 4.78 is 5.18. The van der Waals surface area contributed by atoms with Crippen molar-refractivity contribution in [2.24, 2.45) is 5.73 Å². The summed E-state index contributed by atoms with van der Waals surface area (Å²) in [5, 5.41) is 13.0. The summed E-state index contributed by atoms with van der Waals surface area (Å²) in [6, 6.07) is 11.8. The maximum atomic E-state index is 13.7. The van der Waals surface area contributed by atoms with Crippen molar-refractivity contribution in [1.29, 1.82) is 0 Å². The monoisotopic (exact) mass is 721 g/mol. The van der Waals surface area contributed by atoms with Crippen molar-refractivity contribution in [3.8, 4) is 0 Å². The SMILES string of the molecule is C[C@H](NC(=O)OC(C)(C)C)C(=O)N[C@@H](C)C(=O)N1CCC[C@H]1C(=O)N[C@@H](Cc1ccccc1)C(=O)N[C@@H](C)C(=O)N[C@@H](Cc1ccccc1)C(N)=O. The predicted octanol–water partition coefficient (Wildman–Crippen LogP) is 0.840. The molecule has 7 N–H and O–H groups in total. The van der Waals surface area contributed by atoms with Crippen LogP contribution in [-0.4, -0.2) is 94.8 Å². The van der Waals surface area contributed by atoms with E-state index in [-0.39, 0.29) is 19.4 Å². The molecule has 6 atom stereocenters. The number of hydrogen-bond donors (Lipinski definition) is 6. The molecule has 1 aliphatic heterocycles. The smallest absolute Gasteiger partial charge is 0.408 e. The van der Waals surface area contributed by atoms with Crippen molar-refractivity contribution in [3.05, 3.63) is 71.8 Å². The van der Waals surface area contributed by atoms with Crippen LogP contribution in [0, 0.1) is 0 Å². The zero-order valence-electron chi connectivity index (χ0n) is 30.6. The Labute approximate surface area is 304 Å². The fourth-order valence-electron chi connectivity index (χ4n) is 5.58. The summed E-state index contributed by atoms with van der Waals surface area (Å²) in [6.07, 6.45) is 0.296. The van der Waals surface area contributed by atoms with Gasteiger partial charge in [-0.15, -0.1) is 0 Å². The third-order valence-electron chi connectivity index (χ3n) is 8.30. The highest BCUT2D eigenvalue weighted by molar-refractivity contribution is 5.97. The summed E-state index contributed by atoms with van der Waals surface area (Å²) in [7, 11) is 0. The lowest BCUT2D eigenvalue weighted by Crippen LogP contribution is -2.59. The Morgan fingerprint density at radius 3 is 1.75 bits per heavy atom. The molecule has 0 unspecified atom stereocenters. The van der Waals surface area contributed by atoms with Crippen molar-refractivity contribution >= 4 is 41.5 Å². The molecule has 0 aromatic heterocycles. The van der Waals surface area contributed by atoms with E-state index in [0.717, 1.165) is 11.1 Å². The van der Waals surface area contributed by atoms with Crippen LogP contribution < -0.4 is 32.3 Å². The molecule has 1 aliphatic rings. The molecule has 0 aliphatic carbocycles. The number of carbonyl (C=O) groups excluding carboxylic acids is 7. The number of nitrogens with one attached hydrogen (secondary N) is 5. The van der Waals surface area contributed by atoms with Crippen LogP contribution in [0.25, 0.3) is 0 Å². The molecular weight excluding hydrogens is 670 g/mol. The molecule has 15 heteroatoms. The minimum Gasteiger partial charge on any atom is -0.444 e. The van der Waals surface area contributed by atoms with E-state index in [4.69, 9.17) is 10.5 Å². The van der Waals surface area contributed by atoms with Crippen LogP contribution in [0.15, 0.2) is 60.7 Å². The molecule has 2 aromatic carbocycles. The zero-order valence-corrected chi connectivity index (χ0v) is 30.6. The summed E-state index contributed by atoms with van der Waals surface area (Å²) >= 11 is 0. The minimum atomic E-state index is -1.13. The number of benzene rings is 2. The van der Waals surface area contributed by atoms with E-state index in [2.05, 4.69) is 26.6 Å². The van der Waals surface area contributed by atoms with Crippen LogP contribution in [0.2, 0.25) is 0 Å². The number of primary amides is 1. The maximum absolute atomic E-state index is 13.7. The molecule has 2 aromatic rings. The third-order valence-corrected chi connectivity index (χ3v) is 8.30. The topological polar surface area (TPSA) is 218 Å². The summed E-state index contributed by atoms with van der Waals surface area (Å²) in [4.78, 5) is 92.2. The second kappa shape index (κ2) is 18.7. The van der Waals surface area contributed by atoms with Gasteiger partial charge in [-0.2, -0.15) is 0 Å². The number of amides is 7. The molecule has 1 saturated heterocycles. The van der Waals surface area contributed by atoms with Gasteiger partial charge in [0.15, 0.2) is 0 Å². The molecular formula is C37H51N7O8. The molecule has 15 nitrogen and oxygen atoms in total. The van der Waals surface area contributed by atoms with Gasteiger partial charge in [-0.3, -0.25) is 28.8 Å². The largest absolute Gasteiger partial charge is 0.444 e. The summed E-state index contributed by atoms with van der Waals surface area (Å²) in [5.41, 5.74) is 6.31. The number of nitrogens with two attached hydrogens (primary N) is 1. The Morgan fingerprint density at radius 2 is 1.21 bits per heavy atom. The molecule has 0 radical (unpaired) electrons. The van der Waals surface area contributed by atoms with E-state index in [9.17, 15) is 33.6 Å². The number of carbonyl (C=O) groups is 7. The molecule has 0 saturated carbocycles. The molecule has 0 spiro atoms. The number of alkyl carbamates (subject to hydrolysis) is 1. The average molecular weight is 722 g/mol. The second-order valence-electron chi connectivity index (χ2n) is 13.9. The standard InChI is InChI=1S/C37H51N7O8/c1-22(32(47)42-27(30(38)45)20-25-14-9-7-10-15-25)39-33(48)28(21-26-16-11-8-12-17-26)43-34(49)29-18-13-19-44(29)35(50)24(3)40-31(46)23(2)41-36(51)52-37(4,5)6/h7-12,14-17,22-24,27-29H,13,18-21H2,1-6H3,(H2,38,45)(H,39,48)(H,40,46)(H,41,51)(H,42,47)(H,43,49)/t22-,23-,24-,27-,28-,29-/m0/s1. The van der Waals surface area contributed by atoms with E-state index >= 15 is 0 Å². The molecule has 0 bridgehead atoms. The Bertz CT molecular complexity index is 1580. The highest BCUT2D eigenvalue weighted by Crippen LogP contribution is 2.19.